The molecule has 0 aliphatic rings. The SMILES string of the molecule is NC(=S)N/N=C(/Cc1ccccc1)CC(O)(C(F)(F)F)C(F)(F)F. The average Bonchev–Trinajstić information content (AvgIpc) is 2.43. The van der Waals surface area contributed by atoms with E-state index in [1.807, 2.05) is 5.43 Å². The molecule has 0 radical (unpaired) electrons. The van der Waals surface area contributed by atoms with Crippen LogP contribution in [0.2, 0.25) is 0 Å². The fourth-order valence-corrected chi connectivity index (χ4v) is 1.81. The number of rotatable bonds is 5. The van der Waals surface area contributed by atoms with Crippen molar-refractivity contribution < 1.29 is 31.4 Å². The summed E-state index contributed by atoms with van der Waals surface area (Å²) in [5.74, 6) is 0. The van der Waals surface area contributed by atoms with Gasteiger partial charge in [-0.25, -0.2) is 0 Å². The van der Waals surface area contributed by atoms with E-state index in [4.69, 9.17) is 5.73 Å². The number of hydrogen-bond donors (Lipinski definition) is 3. The molecule has 4 N–H and O–H groups in total. The van der Waals surface area contributed by atoms with Gasteiger partial charge in [-0.3, -0.25) is 5.43 Å². The Morgan fingerprint density at radius 1 is 1.08 bits per heavy atom. The number of benzene rings is 1. The maximum absolute atomic E-state index is 12.8. The summed E-state index contributed by atoms with van der Waals surface area (Å²) in [6, 6.07) is 7.68. The Bertz CT molecular complexity index is 586. The number of hydrogen-bond acceptors (Lipinski definition) is 3. The molecule has 0 saturated heterocycles. The highest BCUT2D eigenvalue weighted by atomic mass is 32.1. The van der Waals surface area contributed by atoms with Crippen LogP contribution in [0.3, 0.4) is 0 Å². The summed E-state index contributed by atoms with van der Waals surface area (Å²) in [5.41, 5.74) is 1.86. The third-order valence-corrected chi connectivity index (χ3v) is 3.06. The first-order chi connectivity index (χ1) is 10.9. The molecule has 1 aromatic carbocycles. The van der Waals surface area contributed by atoms with Crippen molar-refractivity contribution in [2.24, 2.45) is 10.8 Å². The summed E-state index contributed by atoms with van der Waals surface area (Å²) in [6.07, 6.45) is -14.1. The summed E-state index contributed by atoms with van der Waals surface area (Å²) in [6.45, 7) is 0. The van der Waals surface area contributed by atoms with E-state index in [0.29, 0.717) is 5.56 Å². The van der Waals surface area contributed by atoms with E-state index in [-0.39, 0.29) is 6.42 Å². The van der Waals surface area contributed by atoms with Crippen LogP contribution in [-0.2, 0) is 6.42 Å². The van der Waals surface area contributed by atoms with Crippen molar-refractivity contribution in [3.05, 3.63) is 35.9 Å². The zero-order valence-corrected chi connectivity index (χ0v) is 12.8. The second-order valence-electron chi connectivity index (χ2n) is 4.85. The zero-order chi connectivity index (χ0) is 18.6. The van der Waals surface area contributed by atoms with E-state index in [1.165, 1.54) is 12.1 Å². The smallest absolute Gasteiger partial charge is 0.375 e. The minimum absolute atomic E-state index is 0.370. The van der Waals surface area contributed by atoms with Crippen LogP contribution in [0.5, 0.6) is 0 Å². The third kappa shape index (κ3) is 5.06. The van der Waals surface area contributed by atoms with Crippen LogP contribution in [0, 0.1) is 0 Å². The highest BCUT2D eigenvalue weighted by molar-refractivity contribution is 7.80. The third-order valence-electron chi connectivity index (χ3n) is 2.97. The molecule has 4 nitrogen and oxygen atoms in total. The molecule has 0 aliphatic carbocycles. The van der Waals surface area contributed by atoms with Gasteiger partial charge < -0.3 is 10.8 Å². The quantitative estimate of drug-likeness (QED) is 0.321. The van der Waals surface area contributed by atoms with Gasteiger partial charge in [0.1, 0.15) is 0 Å². The molecule has 0 saturated carbocycles. The molecule has 0 atom stereocenters. The van der Waals surface area contributed by atoms with E-state index >= 15 is 0 Å². The summed E-state index contributed by atoms with van der Waals surface area (Å²) in [5, 5.41) is 12.2. The van der Waals surface area contributed by atoms with E-state index in [2.05, 4.69) is 17.3 Å². The van der Waals surface area contributed by atoms with Gasteiger partial charge in [-0.15, -0.1) is 0 Å². The number of thiocarbonyl (C=S) groups is 1. The molecule has 0 spiro atoms. The Morgan fingerprint density at radius 2 is 1.58 bits per heavy atom. The highest BCUT2D eigenvalue weighted by Crippen LogP contribution is 2.45. The Kier molecular flexibility index (Phi) is 6.17. The molecule has 0 aromatic heterocycles. The van der Waals surface area contributed by atoms with Gasteiger partial charge in [0.25, 0.3) is 5.60 Å². The van der Waals surface area contributed by atoms with Crippen molar-refractivity contribution >= 4 is 23.0 Å². The molecule has 0 bridgehead atoms. The van der Waals surface area contributed by atoms with Crippen LogP contribution >= 0.6 is 12.2 Å². The molecule has 0 unspecified atom stereocenters. The topological polar surface area (TPSA) is 70.6 Å². The molecule has 1 rings (SSSR count). The van der Waals surface area contributed by atoms with E-state index in [0.717, 1.165) is 0 Å². The van der Waals surface area contributed by atoms with Gasteiger partial charge in [0, 0.05) is 18.6 Å². The van der Waals surface area contributed by atoms with Crippen LogP contribution in [0.4, 0.5) is 26.3 Å². The molecule has 134 valence electrons. The van der Waals surface area contributed by atoms with Gasteiger partial charge in [-0.2, -0.15) is 31.4 Å². The van der Waals surface area contributed by atoms with Gasteiger partial charge in [0.05, 0.1) is 0 Å². The number of nitrogens with zero attached hydrogens (tertiary/aromatic N) is 1. The van der Waals surface area contributed by atoms with Crippen molar-refractivity contribution in [1.29, 1.82) is 0 Å². The summed E-state index contributed by atoms with van der Waals surface area (Å²) in [7, 11) is 0. The van der Waals surface area contributed by atoms with Gasteiger partial charge in [0.2, 0.25) is 0 Å². The normalized spacial score (nSPS) is 13.7. The van der Waals surface area contributed by atoms with Crippen molar-refractivity contribution in [1.82, 2.24) is 5.43 Å². The Hall–Kier alpha value is -1.88. The van der Waals surface area contributed by atoms with Gasteiger partial charge in [-0.1, -0.05) is 30.3 Å². The maximum atomic E-state index is 12.8. The molecule has 0 amide bonds. The molecule has 0 fully saturated rings. The Labute approximate surface area is 138 Å². The van der Waals surface area contributed by atoms with Crippen LogP contribution < -0.4 is 11.2 Å². The lowest BCUT2D eigenvalue weighted by Gasteiger charge is -2.32. The zero-order valence-electron chi connectivity index (χ0n) is 11.9. The maximum Gasteiger partial charge on any atom is 0.426 e. The van der Waals surface area contributed by atoms with Crippen LogP contribution in [0.1, 0.15) is 12.0 Å². The number of alkyl halides is 6. The molecule has 0 heterocycles. The van der Waals surface area contributed by atoms with Crippen molar-refractivity contribution in [2.75, 3.05) is 0 Å². The predicted molar refractivity (Wildman–Crippen MR) is 79.2 cm³/mol. The molecule has 11 heteroatoms. The van der Waals surface area contributed by atoms with Crippen LogP contribution in [-0.4, -0.2) is 33.9 Å². The number of nitrogens with one attached hydrogen (secondary N) is 1. The Morgan fingerprint density at radius 3 is 2.00 bits per heavy atom. The van der Waals surface area contributed by atoms with Crippen molar-refractivity contribution in [3.63, 3.8) is 0 Å². The van der Waals surface area contributed by atoms with E-state index in [9.17, 15) is 31.4 Å². The Balaban J connectivity index is 3.19. The first-order valence-corrected chi connectivity index (χ1v) is 6.78. The van der Waals surface area contributed by atoms with Crippen molar-refractivity contribution in [2.45, 2.75) is 30.8 Å². The lowest BCUT2D eigenvalue weighted by molar-refractivity contribution is -0.365. The van der Waals surface area contributed by atoms with Gasteiger partial charge >= 0.3 is 12.4 Å². The standard InChI is InChI=1S/C13H13F6N3OS/c14-12(15,16)11(23,13(17,18)19)7-9(21-22-10(20)24)6-8-4-2-1-3-5-8/h1-5,23H,6-7H2,(H3,20,22,24)/b21-9-. The fraction of sp³-hybridized carbons (Fsp3) is 0.385. The first kappa shape index (κ1) is 20.2. The number of nitrogens with two attached hydrogens (primary N) is 1. The van der Waals surface area contributed by atoms with Crippen molar-refractivity contribution in [3.8, 4) is 0 Å². The fourth-order valence-electron chi connectivity index (χ4n) is 1.76. The second kappa shape index (κ2) is 7.34. The number of aliphatic hydroxyl groups is 1. The number of hydrazone groups is 1. The first-order valence-electron chi connectivity index (χ1n) is 6.37. The summed E-state index contributed by atoms with van der Waals surface area (Å²) < 4.78 is 76.8. The highest BCUT2D eigenvalue weighted by Gasteiger charge is 2.70. The lowest BCUT2D eigenvalue weighted by Crippen LogP contribution is -2.58. The summed E-state index contributed by atoms with van der Waals surface area (Å²) >= 11 is 4.42. The van der Waals surface area contributed by atoms with Gasteiger partial charge in [0.15, 0.2) is 5.11 Å². The number of halogens is 6. The molecular formula is C13H13F6N3OS. The van der Waals surface area contributed by atoms with E-state index < -0.39 is 35.2 Å². The summed E-state index contributed by atoms with van der Waals surface area (Å²) in [4.78, 5) is 0. The molecule has 24 heavy (non-hydrogen) atoms. The monoisotopic (exact) mass is 373 g/mol. The average molecular weight is 373 g/mol. The van der Waals surface area contributed by atoms with Gasteiger partial charge in [-0.05, 0) is 17.8 Å². The van der Waals surface area contributed by atoms with E-state index in [1.54, 1.807) is 18.2 Å². The minimum Gasteiger partial charge on any atom is -0.375 e. The largest absolute Gasteiger partial charge is 0.426 e. The predicted octanol–water partition coefficient (Wildman–Crippen LogP) is 2.66. The molecular weight excluding hydrogens is 360 g/mol. The molecule has 1 aromatic rings. The minimum atomic E-state index is -5.94. The second-order valence-corrected chi connectivity index (χ2v) is 5.29. The van der Waals surface area contributed by atoms with Crippen LogP contribution in [0.25, 0.3) is 0 Å². The molecule has 0 aliphatic heterocycles. The lowest BCUT2D eigenvalue weighted by atomic mass is 9.92. The van der Waals surface area contributed by atoms with Crippen LogP contribution in [0.15, 0.2) is 35.4 Å².